The lowest BCUT2D eigenvalue weighted by molar-refractivity contribution is -0.137. The smallest absolute Gasteiger partial charge is 0.317 e. The summed E-state index contributed by atoms with van der Waals surface area (Å²) in [5.41, 5.74) is 1.04. The van der Waals surface area contributed by atoms with Crippen molar-refractivity contribution >= 4 is 12.0 Å². The lowest BCUT2D eigenvalue weighted by Crippen LogP contribution is -2.38. The van der Waals surface area contributed by atoms with E-state index in [2.05, 4.69) is 5.32 Å². The van der Waals surface area contributed by atoms with Crippen molar-refractivity contribution < 1.29 is 19.4 Å². The number of carboxylic acid groups (broad SMARTS) is 1. The number of amides is 2. The van der Waals surface area contributed by atoms with Crippen molar-refractivity contribution in [1.29, 1.82) is 0 Å². The maximum atomic E-state index is 11.8. The summed E-state index contributed by atoms with van der Waals surface area (Å²) in [7, 11) is 3.27. The number of carbonyl (C=O) groups is 2. The SMILES string of the molecule is COc1ccccc1CCNC(=O)N(C)CCCC(=O)O. The summed E-state index contributed by atoms with van der Waals surface area (Å²) in [5, 5.41) is 11.4. The Morgan fingerprint density at radius 1 is 1.33 bits per heavy atom. The minimum absolute atomic E-state index is 0.0683. The van der Waals surface area contributed by atoms with E-state index in [-0.39, 0.29) is 12.5 Å². The molecule has 116 valence electrons. The van der Waals surface area contributed by atoms with Crippen LogP contribution in [-0.4, -0.2) is 49.3 Å². The van der Waals surface area contributed by atoms with E-state index in [9.17, 15) is 9.59 Å². The van der Waals surface area contributed by atoms with Crippen LogP contribution in [0.3, 0.4) is 0 Å². The summed E-state index contributed by atoms with van der Waals surface area (Å²) in [6.07, 6.45) is 1.20. The van der Waals surface area contributed by atoms with Gasteiger partial charge in [0.25, 0.3) is 0 Å². The van der Waals surface area contributed by atoms with Gasteiger partial charge in [0, 0.05) is 26.6 Å². The number of methoxy groups -OCH3 is 1. The number of carboxylic acids is 1. The Morgan fingerprint density at radius 3 is 2.71 bits per heavy atom. The molecule has 2 N–H and O–H groups in total. The van der Waals surface area contributed by atoms with Crippen LogP contribution in [0.4, 0.5) is 4.79 Å². The standard InChI is InChI=1S/C15H22N2O4/c1-17(11-5-8-14(18)19)15(20)16-10-9-12-6-3-4-7-13(12)21-2/h3-4,6-7H,5,8-11H2,1-2H3,(H,16,20)(H,18,19). The second-order valence-corrected chi connectivity index (χ2v) is 4.71. The molecule has 0 saturated carbocycles. The number of nitrogens with zero attached hydrogens (tertiary/aromatic N) is 1. The molecule has 2 amide bonds. The molecule has 0 aliphatic rings. The monoisotopic (exact) mass is 294 g/mol. The maximum Gasteiger partial charge on any atom is 0.317 e. The van der Waals surface area contributed by atoms with Crippen LogP contribution in [0.25, 0.3) is 0 Å². The lowest BCUT2D eigenvalue weighted by Gasteiger charge is -2.17. The Hall–Kier alpha value is -2.24. The number of benzene rings is 1. The molecule has 0 unspecified atom stereocenters. The van der Waals surface area contributed by atoms with Crippen molar-refractivity contribution in [3.63, 3.8) is 0 Å². The van der Waals surface area contributed by atoms with E-state index in [1.165, 1.54) is 4.90 Å². The van der Waals surface area contributed by atoms with Gasteiger partial charge in [-0.3, -0.25) is 4.79 Å². The van der Waals surface area contributed by atoms with Crippen molar-refractivity contribution in [2.45, 2.75) is 19.3 Å². The second-order valence-electron chi connectivity index (χ2n) is 4.71. The quantitative estimate of drug-likeness (QED) is 0.765. The number of urea groups is 1. The zero-order valence-corrected chi connectivity index (χ0v) is 12.5. The molecular formula is C15H22N2O4. The minimum Gasteiger partial charge on any atom is -0.496 e. The fourth-order valence-corrected chi connectivity index (χ4v) is 1.92. The van der Waals surface area contributed by atoms with E-state index in [0.29, 0.717) is 25.9 Å². The molecule has 0 radical (unpaired) electrons. The first-order valence-electron chi connectivity index (χ1n) is 6.87. The highest BCUT2D eigenvalue weighted by molar-refractivity contribution is 5.74. The third-order valence-corrected chi connectivity index (χ3v) is 3.09. The van der Waals surface area contributed by atoms with Crippen LogP contribution >= 0.6 is 0 Å². The average Bonchev–Trinajstić information content (AvgIpc) is 2.47. The Bertz CT molecular complexity index is 476. The highest BCUT2D eigenvalue weighted by Crippen LogP contribution is 2.17. The molecule has 21 heavy (non-hydrogen) atoms. The molecule has 0 spiro atoms. The van der Waals surface area contributed by atoms with E-state index < -0.39 is 5.97 Å². The molecule has 6 nitrogen and oxygen atoms in total. The van der Waals surface area contributed by atoms with E-state index in [4.69, 9.17) is 9.84 Å². The number of nitrogens with one attached hydrogen (secondary N) is 1. The fraction of sp³-hybridized carbons (Fsp3) is 0.467. The predicted molar refractivity (Wildman–Crippen MR) is 79.6 cm³/mol. The van der Waals surface area contributed by atoms with Crippen LogP contribution in [0, 0.1) is 0 Å². The molecule has 1 rings (SSSR count). The van der Waals surface area contributed by atoms with Crippen molar-refractivity contribution in [2.24, 2.45) is 0 Å². The topological polar surface area (TPSA) is 78.9 Å². The van der Waals surface area contributed by atoms with E-state index in [1.54, 1.807) is 14.2 Å². The number of para-hydroxylation sites is 1. The summed E-state index contributed by atoms with van der Waals surface area (Å²) < 4.78 is 5.25. The van der Waals surface area contributed by atoms with Gasteiger partial charge < -0.3 is 20.1 Å². The van der Waals surface area contributed by atoms with Gasteiger partial charge in [-0.1, -0.05) is 18.2 Å². The third-order valence-electron chi connectivity index (χ3n) is 3.09. The molecule has 0 aromatic heterocycles. The van der Waals surface area contributed by atoms with E-state index >= 15 is 0 Å². The lowest BCUT2D eigenvalue weighted by atomic mass is 10.1. The van der Waals surface area contributed by atoms with Gasteiger partial charge >= 0.3 is 12.0 Å². The minimum atomic E-state index is -0.847. The summed E-state index contributed by atoms with van der Waals surface area (Å²) in [5.74, 6) is -0.0402. The number of rotatable bonds is 8. The first-order chi connectivity index (χ1) is 10.0. The first-order valence-corrected chi connectivity index (χ1v) is 6.87. The Kier molecular flexibility index (Phi) is 7.08. The van der Waals surface area contributed by atoms with Crippen LogP contribution in [0.1, 0.15) is 18.4 Å². The van der Waals surface area contributed by atoms with Gasteiger partial charge in [-0.05, 0) is 24.5 Å². The van der Waals surface area contributed by atoms with E-state index in [1.807, 2.05) is 24.3 Å². The number of hydrogen-bond donors (Lipinski definition) is 2. The number of hydrogen-bond acceptors (Lipinski definition) is 3. The number of carbonyl (C=O) groups excluding carboxylic acids is 1. The molecule has 0 aliphatic heterocycles. The largest absolute Gasteiger partial charge is 0.496 e. The first kappa shape index (κ1) is 16.8. The summed E-state index contributed by atoms with van der Waals surface area (Å²) >= 11 is 0. The average molecular weight is 294 g/mol. The van der Waals surface area contributed by atoms with Crippen molar-refractivity contribution in [3.8, 4) is 5.75 Å². The third kappa shape index (κ3) is 6.16. The van der Waals surface area contributed by atoms with Gasteiger partial charge in [-0.2, -0.15) is 0 Å². The second kappa shape index (κ2) is 8.84. The molecule has 0 aliphatic carbocycles. The Labute approximate surface area is 124 Å². The fourth-order valence-electron chi connectivity index (χ4n) is 1.92. The van der Waals surface area contributed by atoms with Gasteiger partial charge in [0.1, 0.15) is 5.75 Å². The van der Waals surface area contributed by atoms with Gasteiger partial charge in [0.2, 0.25) is 0 Å². The zero-order valence-electron chi connectivity index (χ0n) is 12.5. The normalized spacial score (nSPS) is 10.0. The molecule has 0 saturated heterocycles. The van der Waals surface area contributed by atoms with Gasteiger partial charge in [-0.25, -0.2) is 4.79 Å². The molecule has 1 aromatic rings. The summed E-state index contributed by atoms with van der Waals surface area (Å²) in [6.45, 7) is 0.926. The maximum absolute atomic E-state index is 11.8. The Morgan fingerprint density at radius 2 is 2.05 bits per heavy atom. The van der Waals surface area contributed by atoms with Crippen LogP contribution in [-0.2, 0) is 11.2 Å². The van der Waals surface area contributed by atoms with Crippen LogP contribution in [0.2, 0.25) is 0 Å². The summed E-state index contributed by atoms with van der Waals surface area (Å²) in [4.78, 5) is 23.7. The molecule has 0 heterocycles. The highest BCUT2D eigenvalue weighted by atomic mass is 16.5. The molecule has 6 heteroatoms. The number of ether oxygens (including phenoxy) is 1. The van der Waals surface area contributed by atoms with Gasteiger partial charge in [0.15, 0.2) is 0 Å². The van der Waals surface area contributed by atoms with E-state index in [0.717, 1.165) is 11.3 Å². The van der Waals surface area contributed by atoms with Crippen LogP contribution in [0.15, 0.2) is 24.3 Å². The Balaban J connectivity index is 2.31. The van der Waals surface area contributed by atoms with Crippen LogP contribution in [0.5, 0.6) is 5.75 Å². The highest BCUT2D eigenvalue weighted by Gasteiger charge is 2.09. The van der Waals surface area contributed by atoms with Gasteiger partial charge in [0.05, 0.1) is 7.11 Å². The zero-order chi connectivity index (χ0) is 15.7. The van der Waals surface area contributed by atoms with Crippen molar-refractivity contribution in [3.05, 3.63) is 29.8 Å². The van der Waals surface area contributed by atoms with Crippen molar-refractivity contribution in [2.75, 3.05) is 27.2 Å². The molecule has 1 aromatic carbocycles. The van der Waals surface area contributed by atoms with Crippen LogP contribution < -0.4 is 10.1 Å². The van der Waals surface area contributed by atoms with Gasteiger partial charge in [-0.15, -0.1) is 0 Å². The predicted octanol–water partition coefficient (Wildman–Crippen LogP) is 1.74. The molecular weight excluding hydrogens is 272 g/mol. The molecule has 0 bridgehead atoms. The molecule has 0 atom stereocenters. The number of aliphatic carboxylic acids is 1. The van der Waals surface area contributed by atoms with Crippen molar-refractivity contribution in [1.82, 2.24) is 10.2 Å². The summed E-state index contributed by atoms with van der Waals surface area (Å²) in [6, 6.07) is 7.47. The molecule has 0 fully saturated rings.